The highest BCUT2D eigenvalue weighted by molar-refractivity contribution is 5.72. The lowest BCUT2D eigenvalue weighted by Gasteiger charge is -2.31. The van der Waals surface area contributed by atoms with Gasteiger partial charge < -0.3 is 14.6 Å². The molecule has 0 amide bonds. The second-order valence-electron chi connectivity index (χ2n) is 6.58. The maximum Gasteiger partial charge on any atom is 0.309 e. The van der Waals surface area contributed by atoms with Crippen LogP contribution in [0.5, 0.6) is 0 Å². The van der Waals surface area contributed by atoms with Gasteiger partial charge in [-0.25, -0.2) is 0 Å². The molecule has 1 heterocycles. The first kappa shape index (κ1) is 13.4. The van der Waals surface area contributed by atoms with Crippen LogP contribution in [0.25, 0.3) is 0 Å². The molecule has 3 rings (SSSR count). The molecular weight excluding hydrogens is 244 g/mol. The second-order valence-corrected chi connectivity index (χ2v) is 6.58. The zero-order valence-corrected chi connectivity index (χ0v) is 11.6. The van der Waals surface area contributed by atoms with Crippen molar-refractivity contribution in [1.82, 2.24) is 0 Å². The van der Waals surface area contributed by atoms with Crippen molar-refractivity contribution in [2.75, 3.05) is 6.61 Å². The van der Waals surface area contributed by atoms with Gasteiger partial charge in [0.25, 0.3) is 0 Å². The predicted molar refractivity (Wildman–Crippen MR) is 69.5 cm³/mol. The summed E-state index contributed by atoms with van der Waals surface area (Å²) >= 11 is 0. The summed E-state index contributed by atoms with van der Waals surface area (Å²) in [6, 6.07) is 0. The van der Waals surface area contributed by atoms with E-state index in [0.29, 0.717) is 30.7 Å². The fourth-order valence-corrected chi connectivity index (χ4v) is 3.58. The lowest BCUT2D eigenvalue weighted by Crippen LogP contribution is -2.31. The molecule has 4 heteroatoms. The minimum atomic E-state index is -0.172. The molecule has 0 aromatic heterocycles. The van der Waals surface area contributed by atoms with E-state index in [1.807, 2.05) is 0 Å². The Balaban J connectivity index is 1.40. The summed E-state index contributed by atoms with van der Waals surface area (Å²) in [5.41, 5.74) is 0. The van der Waals surface area contributed by atoms with E-state index in [0.717, 1.165) is 38.5 Å². The SMILES string of the molecule is CC1CC(COC(=O)C2CCC3OC3C2)CCC1O. The Morgan fingerprint density at radius 1 is 1.21 bits per heavy atom. The van der Waals surface area contributed by atoms with Gasteiger partial charge in [0.05, 0.1) is 30.8 Å². The molecule has 1 aliphatic heterocycles. The van der Waals surface area contributed by atoms with Crippen molar-refractivity contribution in [3.8, 4) is 0 Å². The van der Waals surface area contributed by atoms with Gasteiger partial charge in [-0.3, -0.25) is 4.79 Å². The molecule has 0 aromatic carbocycles. The van der Waals surface area contributed by atoms with Crippen molar-refractivity contribution in [2.24, 2.45) is 17.8 Å². The summed E-state index contributed by atoms with van der Waals surface area (Å²) in [6.07, 6.45) is 6.14. The first-order valence-electron chi connectivity index (χ1n) is 7.63. The van der Waals surface area contributed by atoms with E-state index >= 15 is 0 Å². The summed E-state index contributed by atoms with van der Waals surface area (Å²) in [5, 5.41) is 9.69. The maximum absolute atomic E-state index is 12.0. The number of hydrogen-bond donors (Lipinski definition) is 1. The van der Waals surface area contributed by atoms with Gasteiger partial charge in [-0.2, -0.15) is 0 Å². The zero-order valence-electron chi connectivity index (χ0n) is 11.6. The number of fused-ring (bicyclic) bond motifs is 1. The van der Waals surface area contributed by atoms with E-state index in [1.54, 1.807) is 0 Å². The highest BCUT2D eigenvalue weighted by Crippen LogP contribution is 2.40. The Labute approximate surface area is 114 Å². The van der Waals surface area contributed by atoms with Crippen molar-refractivity contribution in [2.45, 2.75) is 63.8 Å². The highest BCUT2D eigenvalue weighted by atomic mass is 16.6. The number of esters is 1. The molecule has 2 saturated carbocycles. The van der Waals surface area contributed by atoms with E-state index < -0.39 is 0 Å². The molecule has 4 nitrogen and oxygen atoms in total. The number of carbonyl (C=O) groups excluding carboxylic acids is 1. The summed E-state index contributed by atoms with van der Waals surface area (Å²) in [5.74, 6) is 0.770. The molecular formula is C15H24O4. The van der Waals surface area contributed by atoms with Gasteiger partial charge in [-0.05, 0) is 50.4 Å². The standard InChI is InChI=1S/C15H24O4/c1-9-6-10(2-4-12(9)16)8-18-15(17)11-3-5-13-14(7-11)19-13/h9-14,16H,2-8H2,1H3. The first-order chi connectivity index (χ1) is 9.13. The number of epoxide rings is 1. The molecule has 3 aliphatic rings. The quantitative estimate of drug-likeness (QED) is 0.627. The number of aliphatic hydroxyl groups is 1. The molecule has 2 aliphatic carbocycles. The number of carbonyl (C=O) groups is 1. The van der Waals surface area contributed by atoms with Crippen LogP contribution in [0.2, 0.25) is 0 Å². The zero-order chi connectivity index (χ0) is 13.4. The van der Waals surface area contributed by atoms with Crippen LogP contribution >= 0.6 is 0 Å². The van der Waals surface area contributed by atoms with Crippen LogP contribution in [0.3, 0.4) is 0 Å². The van der Waals surface area contributed by atoms with Gasteiger partial charge in [0.1, 0.15) is 0 Å². The highest BCUT2D eigenvalue weighted by Gasteiger charge is 2.46. The molecule has 19 heavy (non-hydrogen) atoms. The number of ether oxygens (including phenoxy) is 2. The molecule has 3 fully saturated rings. The van der Waals surface area contributed by atoms with Crippen LogP contribution < -0.4 is 0 Å². The lowest BCUT2D eigenvalue weighted by atomic mass is 9.81. The molecule has 0 aromatic rings. The Bertz CT molecular complexity index is 343. The van der Waals surface area contributed by atoms with Crippen LogP contribution in [0.15, 0.2) is 0 Å². The number of rotatable bonds is 3. The van der Waals surface area contributed by atoms with Crippen molar-refractivity contribution in [3.05, 3.63) is 0 Å². The van der Waals surface area contributed by atoms with Crippen molar-refractivity contribution in [3.63, 3.8) is 0 Å². The monoisotopic (exact) mass is 268 g/mol. The van der Waals surface area contributed by atoms with Crippen LogP contribution in [-0.2, 0) is 14.3 Å². The third-order valence-corrected chi connectivity index (χ3v) is 5.03. The summed E-state index contributed by atoms with van der Waals surface area (Å²) < 4.78 is 10.9. The minimum absolute atomic E-state index is 0.0345. The van der Waals surface area contributed by atoms with Gasteiger partial charge in [-0.1, -0.05) is 6.92 Å². The van der Waals surface area contributed by atoms with E-state index in [2.05, 4.69) is 6.92 Å². The fraction of sp³-hybridized carbons (Fsp3) is 0.933. The van der Waals surface area contributed by atoms with Crippen molar-refractivity contribution >= 4 is 5.97 Å². The van der Waals surface area contributed by atoms with Gasteiger partial charge in [0.2, 0.25) is 0 Å². The molecule has 0 spiro atoms. The van der Waals surface area contributed by atoms with E-state index in [4.69, 9.17) is 9.47 Å². The molecule has 108 valence electrons. The largest absolute Gasteiger partial charge is 0.465 e. The topological polar surface area (TPSA) is 59.1 Å². The minimum Gasteiger partial charge on any atom is -0.465 e. The van der Waals surface area contributed by atoms with E-state index in [9.17, 15) is 9.90 Å². The Kier molecular flexibility index (Phi) is 3.81. The van der Waals surface area contributed by atoms with Gasteiger partial charge in [0, 0.05) is 0 Å². The first-order valence-corrected chi connectivity index (χ1v) is 7.63. The van der Waals surface area contributed by atoms with Crippen LogP contribution in [-0.4, -0.2) is 36.0 Å². The molecule has 0 bridgehead atoms. The average Bonchev–Trinajstić information content (AvgIpc) is 3.18. The molecule has 6 unspecified atom stereocenters. The molecule has 1 N–H and O–H groups in total. The number of hydrogen-bond acceptors (Lipinski definition) is 4. The smallest absolute Gasteiger partial charge is 0.309 e. The molecule has 6 atom stereocenters. The summed E-state index contributed by atoms with van der Waals surface area (Å²) in [4.78, 5) is 12.0. The molecule has 0 radical (unpaired) electrons. The third-order valence-electron chi connectivity index (χ3n) is 5.03. The fourth-order valence-electron chi connectivity index (χ4n) is 3.58. The number of aliphatic hydroxyl groups excluding tert-OH is 1. The lowest BCUT2D eigenvalue weighted by molar-refractivity contribution is -0.151. The van der Waals surface area contributed by atoms with Crippen molar-refractivity contribution < 1.29 is 19.4 Å². The van der Waals surface area contributed by atoms with Gasteiger partial charge >= 0.3 is 5.97 Å². The Hall–Kier alpha value is -0.610. The average molecular weight is 268 g/mol. The van der Waals surface area contributed by atoms with Crippen molar-refractivity contribution in [1.29, 1.82) is 0 Å². The Morgan fingerprint density at radius 2 is 2.05 bits per heavy atom. The van der Waals surface area contributed by atoms with Crippen LogP contribution in [0.4, 0.5) is 0 Å². The van der Waals surface area contributed by atoms with Crippen LogP contribution in [0, 0.1) is 17.8 Å². The maximum atomic E-state index is 12.0. The van der Waals surface area contributed by atoms with Gasteiger partial charge in [-0.15, -0.1) is 0 Å². The third kappa shape index (κ3) is 3.11. The Morgan fingerprint density at radius 3 is 2.79 bits per heavy atom. The van der Waals surface area contributed by atoms with Crippen LogP contribution in [0.1, 0.15) is 45.4 Å². The normalized spacial score (nSPS) is 45.4. The summed E-state index contributed by atoms with van der Waals surface area (Å²) in [7, 11) is 0. The molecule has 1 saturated heterocycles. The van der Waals surface area contributed by atoms with E-state index in [1.165, 1.54) is 0 Å². The van der Waals surface area contributed by atoms with E-state index in [-0.39, 0.29) is 18.0 Å². The summed E-state index contributed by atoms with van der Waals surface area (Å²) in [6.45, 7) is 2.60. The van der Waals surface area contributed by atoms with Gasteiger partial charge in [0.15, 0.2) is 0 Å². The predicted octanol–water partition coefficient (Wildman–Crippen LogP) is 1.89. The second kappa shape index (κ2) is 5.41.